The topological polar surface area (TPSA) is 65.4 Å². The van der Waals surface area contributed by atoms with Crippen LogP contribution in [0.1, 0.15) is 93.7 Å². The first-order valence-electron chi connectivity index (χ1n) is 14.1. The molecule has 1 amide bonds. The third-order valence-electron chi connectivity index (χ3n) is 6.98. The number of fused-ring (bicyclic) bond motifs is 1. The van der Waals surface area contributed by atoms with Crippen LogP contribution in [0.5, 0.6) is 11.5 Å². The number of ether oxygens (including phenoxy) is 2. The molecule has 3 aromatic rings. The zero-order chi connectivity index (χ0) is 26.3. The minimum absolute atomic E-state index is 0.111. The molecule has 0 bridgehead atoms. The quantitative estimate of drug-likeness (QED) is 0.183. The lowest BCUT2D eigenvalue weighted by molar-refractivity contribution is 0.0952. The van der Waals surface area contributed by atoms with Crippen molar-refractivity contribution in [2.45, 2.75) is 90.5 Å². The zero-order valence-electron chi connectivity index (χ0n) is 23.1. The van der Waals surface area contributed by atoms with Crippen LogP contribution < -0.4 is 14.8 Å². The number of imidazole rings is 1. The van der Waals surface area contributed by atoms with Crippen LogP contribution in [-0.4, -0.2) is 36.2 Å². The third-order valence-corrected chi connectivity index (χ3v) is 6.98. The predicted octanol–water partition coefficient (Wildman–Crippen LogP) is 7.34. The van der Waals surface area contributed by atoms with Crippen LogP contribution in [0.3, 0.4) is 0 Å². The number of carbonyl (C=O) groups is 1. The van der Waals surface area contributed by atoms with Crippen molar-refractivity contribution in [2.75, 3.05) is 20.8 Å². The fourth-order valence-electron chi connectivity index (χ4n) is 4.85. The molecule has 1 aromatic heterocycles. The standard InChI is InChI=1S/C31H45N3O3/c1-4-5-6-7-8-9-10-11-12-15-23-34-27-18-14-13-17-26(27)33-30(34)19-16-22-32-31(35)25-20-21-28(36-2)29(24-25)37-3/h13-14,17-18,20-21,24H,4-12,15-16,19,22-23H2,1-3H3,(H,32,35). The van der Waals surface area contributed by atoms with Gasteiger partial charge in [-0.05, 0) is 43.2 Å². The van der Waals surface area contributed by atoms with Crippen LogP contribution in [0.15, 0.2) is 42.5 Å². The van der Waals surface area contributed by atoms with E-state index in [-0.39, 0.29) is 5.91 Å². The molecule has 0 spiro atoms. The van der Waals surface area contributed by atoms with E-state index in [9.17, 15) is 4.79 Å². The van der Waals surface area contributed by atoms with E-state index in [4.69, 9.17) is 14.5 Å². The van der Waals surface area contributed by atoms with Crippen molar-refractivity contribution in [3.8, 4) is 11.5 Å². The Bertz CT molecular complexity index is 1090. The molecule has 0 saturated carbocycles. The maximum absolute atomic E-state index is 12.6. The molecule has 0 fully saturated rings. The fraction of sp³-hybridized carbons (Fsp3) is 0.548. The van der Waals surface area contributed by atoms with Gasteiger partial charge in [0.1, 0.15) is 5.82 Å². The molecule has 0 aliphatic carbocycles. The number of methoxy groups -OCH3 is 2. The summed E-state index contributed by atoms with van der Waals surface area (Å²) in [6, 6.07) is 13.6. The van der Waals surface area contributed by atoms with E-state index in [0.717, 1.165) is 30.7 Å². The minimum Gasteiger partial charge on any atom is -0.493 e. The number of aryl methyl sites for hydroxylation is 2. The lowest BCUT2D eigenvalue weighted by atomic mass is 10.1. The number of carbonyl (C=O) groups excluding carboxylic acids is 1. The lowest BCUT2D eigenvalue weighted by Crippen LogP contribution is -2.25. The molecular formula is C31H45N3O3. The monoisotopic (exact) mass is 507 g/mol. The van der Waals surface area contributed by atoms with E-state index >= 15 is 0 Å². The molecule has 6 nitrogen and oxygen atoms in total. The summed E-state index contributed by atoms with van der Waals surface area (Å²) >= 11 is 0. The highest BCUT2D eigenvalue weighted by atomic mass is 16.5. The number of hydrogen-bond acceptors (Lipinski definition) is 4. The molecule has 0 radical (unpaired) electrons. The Balaban J connectivity index is 1.45. The SMILES string of the molecule is CCCCCCCCCCCCn1c(CCCNC(=O)c2ccc(OC)c(OC)c2)nc2ccccc21. The Kier molecular flexibility index (Phi) is 12.3. The summed E-state index contributed by atoms with van der Waals surface area (Å²) in [6.45, 7) is 3.87. The molecule has 1 heterocycles. The second-order valence-electron chi connectivity index (χ2n) is 9.78. The van der Waals surface area contributed by atoms with Gasteiger partial charge in [-0.1, -0.05) is 76.8 Å². The number of hydrogen-bond donors (Lipinski definition) is 1. The highest BCUT2D eigenvalue weighted by molar-refractivity contribution is 5.94. The van der Waals surface area contributed by atoms with Gasteiger partial charge in [-0.2, -0.15) is 0 Å². The molecule has 1 N–H and O–H groups in total. The molecule has 0 aliphatic rings. The summed E-state index contributed by atoms with van der Waals surface area (Å²) in [4.78, 5) is 17.5. The normalized spacial score (nSPS) is 11.1. The van der Waals surface area contributed by atoms with Crippen molar-refractivity contribution in [1.82, 2.24) is 14.9 Å². The number of unbranched alkanes of at least 4 members (excludes halogenated alkanes) is 9. The van der Waals surface area contributed by atoms with Crippen molar-refractivity contribution in [2.24, 2.45) is 0 Å². The molecule has 6 heteroatoms. The van der Waals surface area contributed by atoms with Gasteiger partial charge in [-0.3, -0.25) is 4.79 Å². The third kappa shape index (κ3) is 8.80. The Morgan fingerprint density at radius 2 is 1.51 bits per heavy atom. The van der Waals surface area contributed by atoms with Gasteiger partial charge >= 0.3 is 0 Å². The summed E-state index contributed by atoms with van der Waals surface area (Å²) in [6.07, 6.45) is 15.0. The van der Waals surface area contributed by atoms with Gasteiger partial charge in [0.2, 0.25) is 0 Å². The van der Waals surface area contributed by atoms with Crippen LogP contribution in [0.2, 0.25) is 0 Å². The minimum atomic E-state index is -0.111. The van der Waals surface area contributed by atoms with Crippen LogP contribution in [0, 0.1) is 0 Å². The van der Waals surface area contributed by atoms with Gasteiger partial charge in [-0.25, -0.2) is 4.98 Å². The van der Waals surface area contributed by atoms with Gasteiger partial charge in [-0.15, -0.1) is 0 Å². The predicted molar refractivity (Wildman–Crippen MR) is 152 cm³/mol. The van der Waals surface area contributed by atoms with Crippen molar-refractivity contribution >= 4 is 16.9 Å². The first-order chi connectivity index (χ1) is 18.2. The highest BCUT2D eigenvalue weighted by Crippen LogP contribution is 2.27. The van der Waals surface area contributed by atoms with E-state index in [1.807, 2.05) is 6.07 Å². The molecule has 2 aromatic carbocycles. The summed E-state index contributed by atoms with van der Waals surface area (Å²) in [5.74, 6) is 2.16. The first-order valence-corrected chi connectivity index (χ1v) is 14.1. The van der Waals surface area contributed by atoms with Gasteiger partial charge in [0, 0.05) is 25.1 Å². The summed E-state index contributed by atoms with van der Waals surface area (Å²) in [7, 11) is 3.16. The van der Waals surface area contributed by atoms with Gasteiger partial charge < -0.3 is 19.4 Å². The van der Waals surface area contributed by atoms with Crippen molar-refractivity contribution in [3.63, 3.8) is 0 Å². The van der Waals surface area contributed by atoms with E-state index in [1.54, 1.807) is 32.4 Å². The summed E-state index contributed by atoms with van der Waals surface area (Å²) < 4.78 is 13.0. The van der Waals surface area contributed by atoms with Gasteiger partial charge in [0.25, 0.3) is 5.91 Å². The lowest BCUT2D eigenvalue weighted by Gasteiger charge is -2.11. The zero-order valence-corrected chi connectivity index (χ0v) is 23.1. The molecule has 0 saturated heterocycles. The number of para-hydroxylation sites is 2. The molecule has 0 unspecified atom stereocenters. The maximum atomic E-state index is 12.6. The fourth-order valence-corrected chi connectivity index (χ4v) is 4.85. The molecule has 37 heavy (non-hydrogen) atoms. The maximum Gasteiger partial charge on any atom is 0.251 e. The van der Waals surface area contributed by atoms with E-state index in [1.165, 1.54) is 69.7 Å². The Hall–Kier alpha value is -3.02. The Labute approximate surface area is 222 Å². The van der Waals surface area contributed by atoms with Crippen molar-refractivity contribution in [1.29, 1.82) is 0 Å². The van der Waals surface area contributed by atoms with Crippen molar-refractivity contribution in [3.05, 3.63) is 53.9 Å². The number of nitrogens with zero attached hydrogens (tertiary/aromatic N) is 2. The van der Waals surface area contributed by atoms with Crippen LogP contribution in [-0.2, 0) is 13.0 Å². The number of amides is 1. The Morgan fingerprint density at radius 3 is 2.22 bits per heavy atom. The van der Waals surface area contributed by atoms with E-state index < -0.39 is 0 Å². The second-order valence-corrected chi connectivity index (χ2v) is 9.78. The van der Waals surface area contributed by atoms with Crippen molar-refractivity contribution < 1.29 is 14.3 Å². The summed E-state index contributed by atoms with van der Waals surface area (Å²) in [5, 5.41) is 3.03. The number of nitrogens with one attached hydrogen (secondary N) is 1. The number of benzene rings is 2. The van der Waals surface area contributed by atoms with Gasteiger partial charge in [0.05, 0.1) is 25.3 Å². The summed E-state index contributed by atoms with van der Waals surface area (Å²) in [5.41, 5.74) is 2.83. The number of aromatic nitrogens is 2. The number of rotatable bonds is 18. The molecule has 3 rings (SSSR count). The molecular weight excluding hydrogens is 462 g/mol. The van der Waals surface area contributed by atoms with E-state index in [2.05, 4.69) is 35.0 Å². The first kappa shape index (κ1) is 28.5. The molecule has 202 valence electrons. The van der Waals surface area contributed by atoms with Crippen LogP contribution in [0.25, 0.3) is 11.0 Å². The largest absolute Gasteiger partial charge is 0.493 e. The average Bonchev–Trinajstić information content (AvgIpc) is 3.28. The second kappa shape index (κ2) is 16.0. The molecule has 0 aliphatic heterocycles. The smallest absolute Gasteiger partial charge is 0.251 e. The van der Waals surface area contributed by atoms with E-state index in [0.29, 0.717) is 23.6 Å². The van der Waals surface area contributed by atoms with Gasteiger partial charge in [0.15, 0.2) is 11.5 Å². The van der Waals surface area contributed by atoms with Crippen LogP contribution >= 0.6 is 0 Å². The molecule has 0 atom stereocenters. The Morgan fingerprint density at radius 1 is 0.838 bits per heavy atom. The highest BCUT2D eigenvalue weighted by Gasteiger charge is 2.12. The van der Waals surface area contributed by atoms with Crippen LogP contribution in [0.4, 0.5) is 0 Å². The average molecular weight is 508 g/mol.